The smallest absolute Gasteiger partial charge is 0.322 e. The third-order valence-electron chi connectivity index (χ3n) is 4.29. The minimum atomic E-state index is -4.19. The van der Waals surface area contributed by atoms with Gasteiger partial charge >= 0.3 is 5.97 Å². The molecule has 9 heteroatoms. The predicted molar refractivity (Wildman–Crippen MR) is 92.0 cm³/mol. The van der Waals surface area contributed by atoms with Crippen LogP contribution in [0.2, 0.25) is 0 Å². The van der Waals surface area contributed by atoms with E-state index in [-0.39, 0.29) is 23.2 Å². The second-order valence-electron chi connectivity index (χ2n) is 6.42. The number of hydrogen-bond donors (Lipinski definition) is 1. The van der Waals surface area contributed by atoms with Gasteiger partial charge in [-0.3, -0.25) is 4.79 Å². The molecule has 0 aliphatic carbocycles. The summed E-state index contributed by atoms with van der Waals surface area (Å²) in [5.74, 6) is -1.08. The van der Waals surface area contributed by atoms with Gasteiger partial charge < -0.3 is 10.0 Å². The highest BCUT2D eigenvalue weighted by molar-refractivity contribution is 7.89. The SMILES string of the molecule is CCN(c1nc(C)ccc1S(=O)(=O)N1CC(F)CC1C(=O)O)C(C)C. The third-order valence-corrected chi connectivity index (χ3v) is 6.19. The number of alkyl halides is 1. The summed E-state index contributed by atoms with van der Waals surface area (Å²) >= 11 is 0. The van der Waals surface area contributed by atoms with E-state index in [0.717, 1.165) is 4.31 Å². The molecule has 0 aromatic carbocycles. The summed E-state index contributed by atoms with van der Waals surface area (Å²) in [7, 11) is -4.19. The van der Waals surface area contributed by atoms with Gasteiger partial charge in [0, 0.05) is 31.2 Å². The Hall–Kier alpha value is -1.74. The Morgan fingerprint density at radius 2 is 2.12 bits per heavy atom. The molecule has 1 fully saturated rings. The summed E-state index contributed by atoms with van der Waals surface area (Å²) in [6, 6.07) is 1.57. The molecule has 1 aromatic rings. The first-order chi connectivity index (χ1) is 11.6. The molecule has 2 rings (SSSR count). The fourth-order valence-electron chi connectivity index (χ4n) is 3.07. The first kappa shape index (κ1) is 19.6. The summed E-state index contributed by atoms with van der Waals surface area (Å²) in [5, 5.41) is 9.27. The van der Waals surface area contributed by atoms with E-state index in [0.29, 0.717) is 12.2 Å². The van der Waals surface area contributed by atoms with Crippen LogP contribution in [-0.4, -0.2) is 60.1 Å². The molecule has 0 spiro atoms. The van der Waals surface area contributed by atoms with Gasteiger partial charge in [-0.05, 0) is 39.8 Å². The van der Waals surface area contributed by atoms with Crippen LogP contribution in [0, 0.1) is 6.92 Å². The van der Waals surface area contributed by atoms with E-state index in [1.54, 1.807) is 13.0 Å². The minimum Gasteiger partial charge on any atom is -0.480 e. The number of halogens is 1. The Kier molecular flexibility index (Phi) is 5.68. The topological polar surface area (TPSA) is 90.8 Å². The molecule has 2 unspecified atom stereocenters. The first-order valence-electron chi connectivity index (χ1n) is 8.22. The summed E-state index contributed by atoms with van der Waals surface area (Å²) in [6.07, 6.45) is -1.84. The van der Waals surface area contributed by atoms with E-state index >= 15 is 0 Å². The third kappa shape index (κ3) is 3.77. The van der Waals surface area contributed by atoms with Crippen molar-refractivity contribution in [2.45, 2.75) is 57.3 Å². The Morgan fingerprint density at radius 3 is 2.64 bits per heavy atom. The Bertz CT molecular complexity index is 754. The molecule has 1 saturated heterocycles. The quantitative estimate of drug-likeness (QED) is 0.818. The molecular weight excluding hydrogens is 349 g/mol. The van der Waals surface area contributed by atoms with Crippen LogP contribution in [-0.2, 0) is 14.8 Å². The molecule has 1 aliphatic heterocycles. The van der Waals surface area contributed by atoms with Gasteiger partial charge in [0.2, 0.25) is 10.0 Å². The van der Waals surface area contributed by atoms with Crippen LogP contribution in [0.4, 0.5) is 10.2 Å². The number of rotatable bonds is 6. The highest BCUT2D eigenvalue weighted by atomic mass is 32.2. The zero-order valence-electron chi connectivity index (χ0n) is 14.8. The van der Waals surface area contributed by atoms with Crippen LogP contribution in [0.3, 0.4) is 0 Å². The molecule has 0 bridgehead atoms. The van der Waals surface area contributed by atoms with Crippen molar-refractivity contribution >= 4 is 21.8 Å². The van der Waals surface area contributed by atoms with Crippen molar-refractivity contribution in [1.29, 1.82) is 0 Å². The summed E-state index contributed by atoms with van der Waals surface area (Å²) in [6.45, 7) is 7.54. The summed E-state index contributed by atoms with van der Waals surface area (Å²) < 4.78 is 40.7. The number of pyridine rings is 1. The summed E-state index contributed by atoms with van der Waals surface area (Å²) in [5.41, 5.74) is 0.646. The lowest BCUT2D eigenvalue weighted by molar-refractivity contribution is -0.140. The number of nitrogens with zero attached hydrogens (tertiary/aromatic N) is 3. The highest BCUT2D eigenvalue weighted by Crippen LogP contribution is 2.33. The fraction of sp³-hybridized carbons (Fsp3) is 0.625. The van der Waals surface area contributed by atoms with Crippen molar-refractivity contribution < 1.29 is 22.7 Å². The van der Waals surface area contributed by atoms with E-state index < -0.39 is 34.8 Å². The zero-order chi connectivity index (χ0) is 18.9. The van der Waals surface area contributed by atoms with Crippen molar-refractivity contribution in [3.05, 3.63) is 17.8 Å². The molecule has 2 heterocycles. The summed E-state index contributed by atoms with van der Waals surface area (Å²) in [4.78, 5) is 17.5. The van der Waals surface area contributed by atoms with Gasteiger partial charge in [-0.25, -0.2) is 17.8 Å². The van der Waals surface area contributed by atoms with Crippen molar-refractivity contribution in [1.82, 2.24) is 9.29 Å². The highest BCUT2D eigenvalue weighted by Gasteiger charge is 2.45. The van der Waals surface area contributed by atoms with Crippen LogP contribution in [0.15, 0.2) is 17.0 Å². The molecule has 0 radical (unpaired) electrons. The van der Waals surface area contributed by atoms with Crippen LogP contribution < -0.4 is 4.90 Å². The van der Waals surface area contributed by atoms with Gasteiger partial charge in [0.1, 0.15) is 22.9 Å². The Morgan fingerprint density at radius 1 is 1.48 bits per heavy atom. The number of aliphatic carboxylic acids is 1. The van der Waals surface area contributed by atoms with E-state index in [1.807, 2.05) is 25.7 Å². The average Bonchev–Trinajstić information content (AvgIpc) is 2.90. The minimum absolute atomic E-state index is 0.00368. The van der Waals surface area contributed by atoms with E-state index in [9.17, 15) is 22.7 Å². The second-order valence-corrected chi connectivity index (χ2v) is 8.27. The number of carboxylic acid groups (broad SMARTS) is 1. The first-order valence-corrected chi connectivity index (χ1v) is 9.66. The lowest BCUT2D eigenvalue weighted by Crippen LogP contribution is -2.41. The van der Waals surface area contributed by atoms with E-state index in [1.165, 1.54) is 6.07 Å². The molecule has 0 saturated carbocycles. The van der Waals surface area contributed by atoms with Crippen LogP contribution in [0.25, 0.3) is 0 Å². The average molecular weight is 373 g/mol. The standard InChI is InChI=1S/C16H24FN3O4S/c1-5-19(10(2)3)15-14(7-6-11(4)18-15)25(23,24)20-9-12(17)8-13(20)16(21)22/h6-7,10,12-13H,5,8-9H2,1-4H3,(H,21,22). The number of aromatic nitrogens is 1. The van der Waals surface area contributed by atoms with Gasteiger partial charge in [0.25, 0.3) is 0 Å². The lowest BCUT2D eigenvalue weighted by Gasteiger charge is -2.30. The van der Waals surface area contributed by atoms with Gasteiger partial charge in [-0.1, -0.05) is 0 Å². The zero-order valence-corrected chi connectivity index (χ0v) is 15.6. The normalized spacial score (nSPS) is 21.7. The molecule has 1 aromatic heterocycles. The molecule has 0 amide bonds. The maximum absolute atomic E-state index is 13.8. The number of aryl methyl sites for hydroxylation is 1. The maximum atomic E-state index is 13.8. The molecule has 140 valence electrons. The predicted octanol–water partition coefficient (Wildman–Crippen LogP) is 1.81. The van der Waals surface area contributed by atoms with Gasteiger partial charge in [0.05, 0.1) is 0 Å². The van der Waals surface area contributed by atoms with Crippen molar-refractivity contribution in [3.8, 4) is 0 Å². The Balaban J connectivity index is 2.58. The number of sulfonamides is 1. The maximum Gasteiger partial charge on any atom is 0.322 e. The number of hydrogen-bond acceptors (Lipinski definition) is 5. The fourth-order valence-corrected chi connectivity index (χ4v) is 4.83. The van der Waals surface area contributed by atoms with E-state index in [2.05, 4.69) is 4.98 Å². The largest absolute Gasteiger partial charge is 0.480 e. The van der Waals surface area contributed by atoms with Gasteiger partial charge in [-0.2, -0.15) is 4.31 Å². The molecule has 2 atom stereocenters. The van der Waals surface area contributed by atoms with Gasteiger partial charge in [0.15, 0.2) is 0 Å². The Labute approximate surface area is 147 Å². The number of anilines is 1. The van der Waals surface area contributed by atoms with Crippen molar-refractivity contribution in [2.75, 3.05) is 18.0 Å². The molecule has 1 N–H and O–H groups in total. The second kappa shape index (κ2) is 7.25. The molecule has 7 nitrogen and oxygen atoms in total. The van der Waals surface area contributed by atoms with Gasteiger partial charge in [-0.15, -0.1) is 0 Å². The van der Waals surface area contributed by atoms with Crippen molar-refractivity contribution in [3.63, 3.8) is 0 Å². The molecule has 25 heavy (non-hydrogen) atoms. The molecular formula is C16H24FN3O4S. The molecule has 1 aliphatic rings. The van der Waals surface area contributed by atoms with Crippen LogP contribution >= 0.6 is 0 Å². The number of carboxylic acids is 1. The van der Waals surface area contributed by atoms with E-state index in [4.69, 9.17) is 0 Å². The van der Waals surface area contributed by atoms with Crippen LogP contribution in [0.1, 0.15) is 32.9 Å². The lowest BCUT2D eigenvalue weighted by atomic mass is 10.2. The number of carbonyl (C=O) groups is 1. The van der Waals surface area contributed by atoms with Crippen LogP contribution in [0.5, 0.6) is 0 Å². The van der Waals surface area contributed by atoms with Crippen molar-refractivity contribution in [2.24, 2.45) is 0 Å². The monoisotopic (exact) mass is 373 g/mol.